The number of nitrogens with zero attached hydrogens (tertiary/aromatic N) is 4. The average molecular weight is 327 g/mol. The van der Waals surface area contributed by atoms with E-state index in [2.05, 4.69) is 15.3 Å². The van der Waals surface area contributed by atoms with E-state index in [-0.39, 0.29) is 18.1 Å². The first-order valence-corrected chi connectivity index (χ1v) is 7.84. The summed E-state index contributed by atoms with van der Waals surface area (Å²) in [6, 6.07) is 9.32. The van der Waals surface area contributed by atoms with Crippen LogP contribution in [0.3, 0.4) is 0 Å². The van der Waals surface area contributed by atoms with Gasteiger partial charge in [0.05, 0.1) is 13.1 Å². The first kappa shape index (κ1) is 16.0. The Morgan fingerprint density at radius 2 is 2.12 bits per heavy atom. The second kappa shape index (κ2) is 6.74. The summed E-state index contributed by atoms with van der Waals surface area (Å²) in [7, 11) is 3.78. The molecule has 0 saturated carbocycles. The maximum atomic E-state index is 12.6. The fraction of sp³-hybridized carbons (Fsp3) is 0.353. The molecular formula is C17H21N5O2. The molecule has 7 nitrogen and oxygen atoms in total. The monoisotopic (exact) mass is 327 g/mol. The van der Waals surface area contributed by atoms with Crippen molar-refractivity contribution < 1.29 is 9.53 Å². The Morgan fingerprint density at radius 1 is 1.33 bits per heavy atom. The Bertz CT molecular complexity index is 734. The molecule has 7 heteroatoms. The number of ether oxygens (including phenoxy) is 1. The summed E-state index contributed by atoms with van der Waals surface area (Å²) in [4.78, 5) is 24.6. The Kier molecular flexibility index (Phi) is 4.50. The Labute approximate surface area is 141 Å². The molecule has 24 heavy (non-hydrogen) atoms. The summed E-state index contributed by atoms with van der Waals surface area (Å²) in [6.07, 6.45) is 1.54. The van der Waals surface area contributed by atoms with E-state index in [0.717, 1.165) is 17.1 Å². The van der Waals surface area contributed by atoms with Crippen molar-refractivity contribution in [2.75, 3.05) is 30.9 Å². The van der Waals surface area contributed by atoms with Gasteiger partial charge in [-0.1, -0.05) is 18.2 Å². The summed E-state index contributed by atoms with van der Waals surface area (Å²) >= 11 is 0. The van der Waals surface area contributed by atoms with E-state index >= 15 is 0 Å². The molecule has 0 unspecified atom stereocenters. The molecule has 0 bridgehead atoms. The number of hydrogen-bond donors (Lipinski definition) is 1. The molecule has 1 aliphatic rings. The largest absolute Gasteiger partial charge is 0.489 e. The fourth-order valence-electron chi connectivity index (χ4n) is 2.57. The van der Waals surface area contributed by atoms with Crippen LogP contribution in [0.4, 0.5) is 16.6 Å². The van der Waals surface area contributed by atoms with Gasteiger partial charge in [0.1, 0.15) is 17.7 Å². The first-order chi connectivity index (χ1) is 11.5. The van der Waals surface area contributed by atoms with Crippen LogP contribution in [0.2, 0.25) is 0 Å². The first-order valence-electron chi connectivity index (χ1n) is 7.84. The normalized spacial score (nSPS) is 16.6. The van der Waals surface area contributed by atoms with Gasteiger partial charge in [-0.15, -0.1) is 0 Å². The van der Waals surface area contributed by atoms with E-state index in [0.29, 0.717) is 13.1 Å². The van der Waals surface area contributed by atoms with E-state index in [1.54, 1.807) is 17.2 Å². The predicted molar refractivity (Wildman–Crippen MR) is 92.3 cm³/mol. The number of benzene rings is 1. The number of anilines is 2. The molecule has 2 aromatic rings. The Balaban J connectivity index is 1.76. The molecule has 1 atom stereocenters. The maximum absolute atomic E-state index is 12.6. The zero-order valence-corrected chi connectivity index (χ0v) is 14.1. The van der Waals surface area contributed by atoms with E-state index in [1.165, 1.54) is 0 Å². The third kappa shape index (κ3) is 3.56. The number of carbonyl (C=O) groups is 1. The molecule has 2 amide bonds. The molecule has 0 saturated heterocycles. The molecule has 2 heterocycles. The number of para-hydroxylation sites is 1. The number of urea groups is 1. The molecular weight excluding hydrogens is 306 g/mol. The quantitative estimate of drug-likeness (QED) is 0.917. The number of nitrogens with one attached hydrogen (secondary N) is 1. The zero-order chi connectivity index (χ0) is 17.1. The molecule has 1 aromatic heterocycles. The second-order valence-electron chi connectivity index (χ2n) is 5.98. The van der Waals surface area contributed by atoms with Crippen LogP contribution >= 0.6 is 0 Å². The lowest BCUT2D eigenvalue weighted by atomic mass is 10.2. The van der Waals surface area contributed by atoms with Crippen LogP contribution in [-0.4, -0.2) is 47.6 Å². The number of carbonyl (C=O) groups excluding carboxylic acids is 1. The minimum Gasteiger partial charge on any atom is -0.489 e. The van der Waals surface area contributed by atoms with E-state index in [4.69, 9.17) is 4.74 Å². The number of rotatable bonds is 2. The van der Waals surface area contributed by atoms with Gasteiger partial charge in [-0.25, -0.2) is 9.78 Å². The van der Waals surface area contributed by atoms with Crippen molar-refractivity contribution in [3.8, 4) is 5.75 Å². The standard InChI is InChI=1S/C17H21N5O2/c1-12-10-22(11-13-6-4-5-7-14(13)24-12)17(23)20-16-18-9-8-15(19-16)21(2)3/h4-9,12H,10-11H2,1-3H3,(H,18,19,20,23)/t12-/m0/s1. The van der Waals surface area contributed by atoms with Crippen LogP contribution in [0.25, 0.3) is 0 Å². The lowest BCUT2D eigenvalue weighted by molar-refractivity contribution is 0.166. The van der Waals surface area contributed by atoms with Gasteiger partial charge in [0.15, 0.2) is 0 Å². The van der Waals surface area contributed by atoms with Crippen LogP contribution in [0.5, 0.6) is 5.75 Å². The minimum absolute atomic E-state index is 0.0894. The Hall–Kier alpha value is -2.83. The van der Waals surface area contributed by atoms with Gasteiger partial charge < -0.3 is 14.5 Å². The van der Waals surface area contributed by atoms with Crippen molar-refractivity contribution >= 4 is 17.8 Å². The molecule has 0 fully saturated rings. The SMILES string of the molecule is C[C@H]1CN(C(=O)Nc2nccc(N(C)C)n2)Cc2ccccc2O1. The number of fused-ring (bicyclic) bond motifs is 1. The van der Waals surface area contributed by atoms with Crippen LogP contribution in [0, 0.1) is 0 Å². The van der Waals surface area contributed by atoms with Gasteiger partial charge in [0.2, 0.25) is 5.95 Å². The minimum atomic E-state index is -0.238. The van der Waals surface area contributed by atoms with Crippen molar-refractivity contribution in [1.82, 2.24) is 14.9 Å². The van der Waals surface area contributed by atoms with Crippen molar-refractivity contribution in [2.45, 2.75) is 19.6 Å². The summed E-state index contributed by atoms with van der Waals surface area (Å²) in [5.74, 6) is 1.85. The van der Waals surface area contributed by atoms with Crippen LogP contribution in [-0.2, 0) is 6.54 Å². The van der Waals surface area contributed by atoms with Crippen molar-refractivity contribution in [2.24, 2.45) is 0 Å². The van der Waals surface area contributed by atoms with E-state index in [9.17, 15) is 4.79 Å². The lowest BCUT2D eigenvalue weighted by Crippen LogP contribution is -2.39. The van der Waals surface area contributed by atoms with Gasteiger partial charge in [-0.05, 0) is 19.1 Å². The highest BCUT2D eigenvalue weighted by molar-refractivity contribution is 5.87. The highest BCUT2D eigenvalue weighted by Crippen LogP contribution is 2.25. The van der Waals surface area contributed by atoms with Gasteiger partial charge in [-0.2, -0.15) is 4.98 Å². The molecule has 1 N–H and O–H groups in total. The summed E-state index contributed by atoms with van der Waals surface area (Å²) in [6.45, 7) is 2.93. The number of hydrogen-bond acceptors (Lipinski definition) is 5. The highest BCUT2D eigenvalue weighted by Gasteiger charge is 2.24. The zero-order valence-electron chi connectivity index (χ0n) is 14.1. The van der Waals surface area contributed by atoms with Gasteiger partial charge in [0, 0.05) is 25.9 Å². The van der Waals surface area contributed by atoms with Gasteiger partial charge >= 0.3 is 6.03 Å². The maximum Gasteiger partial charge on any atom is 0.324 e. The average Bonchev–Trinajstić information content (AvgIpc) is 2.73. The van der Waals surface area contributed by atoms with Crippen LogP contribution in [0.1, 0.15) is 12.5 Å². The molecule has 0 aliphatic carbocycles. The smallest absolute Gasteiger partial charge is 0.324 e. The van der Waals surface area contributed by atoms with E-state index < -0.39 is 0 Å². The van der Waals surface area contributed by atoms with Gasteiger partial charge in [-0.3, -0.25) is 5.32 Å². The highest BCUT2D eigenvalue weighted by atomic mass is 16.5. The molecule has 0 spiro atoms. The molecule has 0 radical (unpaired) electrons. The number of aromatic nitrogens is 2. The Morgan fingerprint density at radius 3 is 2.92 bits per heavy atom. The number of amides is 2. The lowest BCUT2D eigenvalue weighted by Gasteiger charge is -2.22. The van der Waals surface area contributed by atoms with Gasteiger partial charge in [0.25, 0.3) is 0 Å². The van der Waals surface area contributed by atoms with Crippen LogP contribution in [0.15, 0.2) is 36.5 Å². The predicted octanol–water partition coefficient (Wildman–Crippen LogP) is 2.36. The summed E-state index contributed by atoms with van der Waals surface area (Å²) in [5.41, 5.74) is 0.986. The molecule has 3 rings (SSSR count). The third-order valence-electron chi connectivity index (χ3n) is 3.74. The van der Waals surface area contributed by atoms with E-state index in [1.807, 2.05) is 50.2 Å². The van der Waals surface area contributed by atoms with Crippen molar-refractivity contribution in [3.05, 3.63) is 42.1 Å². The fourth-order valence-corrected chi connectivity index (χ4v) is 2.57. The van der Waals surface area contributed by atoms with Crippen LogP contribution < -0.4 is 15.0 Å². The second-order valence-corrected chi connectivity index (χ2v) is 5.98. The van der Waals surface area contributed by atoms with Crippen molar-refractivity contribution in [1.29, 1.82) is 0 Å². The molecule has 1 aliphatic heterocycles. The molecule has 126 valence electrons. The summed E-state index contributed by atoms with van der Waals surface area (Å²) in [5, 5.41) is 2.77. The molecule has 1 aromatic carbocycles. The summed E-state index contributed by atoms with van der Waals surface area (Å²) < 4.78 is 5.88. The third-order valence-corrected chi connectivity index (χ3v) is 3.74. The van der Waals surface area contributed by atoms with Crippen molar-refractivity contribution in [3.63, 3.8) is 0 Å². The topological polar surface area (TPSA) is 70.6 Å².